The number of nitrogens with zero attached hydrogens (tertiary/aromatic N) is 3. The Kier molecular flexibility index (Phi) is 17.0. The van der Waals surface area contributed by atoms with E-state index in [0.29, 0.717) is 63.1 Å². The summed E-state index contributed by atoms with van der Waals surface area (Å²) in [4.78, 5) is 70.5. The standard InChI is InChI=1S/C38H60N4O5/c1-4-7-9-11-12-13-14-15-16-18-35(44)42-27-26-41(29-33(42)36(45)39-24-17-10-8-5-2)38(47)31-21-19-30(20-22-31)37(46)40-25-23-32(28-40)34(43)6-3/h19-22,32-33H,4-18,23-29H2,1-3H3,(H,39,45). The molecule has 1 aromatic carbocycles. The lowest BCUT2D eigenvalue weighted by atomic mass is 10.0. The van der Waals surface area contributed by atoms with Crippen molar-refractivity contribution in [2.45, 2.75) is 130 Å². The number of amides is 4. The summed E-state index contributed by atoms with van der Waals surface area (Å²) in [5.74, 6) is -0.475. The minimum absolute atomic E-state index is 0.0150. The molecular formula is C38H60N4O5. The lowest BCUT2D eigenvalue weighted by molar-refractivity contribution is -0.143. The summed E-state index contributed by atoms with van der Waals surface area (Å²) in [6.07, 6.45) is 16.3. The Balaban J connectivity index is 1.57. The summed E-state index contributed by atoms with van der Waals surface area (Å²) in [6.45, 7) is 8.59. The molecule has 9 heteroatoms. The monoisotopic (exact) mass is 652 g/mol. The zero-order chi connectivity index (χ0) is 34.0. The number of likely N-dealkylation sites (tertiary alicyclic amines) is 1. The molecule has 0 aromatic heterocycles. The number of carbonyl (C=O) groups excluding carboxylic acids is 5. The van der Waals surface area contributed by atoms with E-state index >= 15 is 0 Å². The average molecular weight is 653 g/mol. The van der Waals surface area contributed by atoms with Gasteiger partial charge in [-0.05, 0) is 43.5 Å². The van der Waals surface area contributed by atoms with E-state index in [0.717, 1.165) is 44.9 Å². The molecule has 2 heterocycles. The average Bonchev–Trinajstić information content (AvgIpc) is 3.60. The van der Waals surface area contributed by atoms with Crippen molar-refractivity contribution in [1.29, 1.82) is 0 Å². The van der Waals surface area contributed by atoms with Crippen molar-refractivity contribution >= 4 is 29.4 Å². The van der Waals surface area contributed by atoms with E-state index in [4.69, 9.17) is 0 Å². The Labute approximate surface area is 283 Å². The Hall–Kier alpha value is -3.23. The highest BCUT2D eigenvalue weighted by molar-refractivity contribution is 5.99. The van der Waals surface area contributed by atoms with Crippen LogP contribution in [0.1, 0.15) is 144 Å². The maximum absolute atomic E-state index is 13.6. The molecule has 3 rings (SSSR count). The van der Waals surface area contributed by atoms with Crippen LogP contribution in [0.4, 0.5) is 0 Å². The van der Waals surface area contributed by atoms with E-state index in [9.17, 15) is 24.0 Å². The summed E-state index contributed by atoms with van der Waals surface area (Å²) < 4.78 is 0. The van der Waals surface area contributed by atoms with Crippen LogP contribution in [-0.2, 0) is 14.4 Å². The third kappa shape index (κ3) is 12.1. The van der Waals surface area contributed by atoms with E-state index < -0.39 is 6.04 Å². The number of piperazine rings is 1. The number of nitrogens with one attached hydrogen (secondary N) is 1. The molecule has 2 aliphatic heterocycles. The first-order chi connectivity index (χ1) is 22.8. The lowest BCUT2D eigenvalue weighted by Gasteiger charge is -2.40. The molecule has 4 amide bonds. The molecule has 2 atom stereocenters. The molecule has 9 nitrogen and oxygen atoms in total. The van der Waals surface area contributed by atoms with Gasteiger partial charge in [-0.1, -0.05) is 91.4 Å². The van der Waals surface area contributed by atoms with Gasteiger partial charge in [-0.3, -0.25) is 24.0 Å². The molecule has 1 aromatic rings. The second kappa shape index (κ2) is 20.9. The van der Waals surface area contributed by atoms with Gasteiger partial charge in [-0.15, -0.1) is 0 Å². The second-order valence-corrected chi connectivity index (χ2v) is 13.4. The van der Waals surface area contributed by atoms with Crippen molar-refractivity contribution in [1.82, 2.24) is 20.0 Å². The Bertz CT molecular complexity index is 1150. The smallest absolute Gasteiger partial charge is 0.253 e. The number of ketones is 1. The van der Waals surface area contributed by atoms with Crippen molar-refractivity contribution in [3.05, 3.63) is 35.4 Å². The van der Waals surface area contributed by atoms with Crippen LogP contribution in [0.5, 0.6) is 0 Å². The predicted octanol–water partition coefficient (Wildman–Crippen LogP) is 6.40. The number of rotatable bonds is 20. The van der Waals surface area contributed by atoms with Gasteiger partial charge in [0, 0.05) is 62.6 Å². The van der Waals surface area contributed by atoms with E-state index in [1.165, 1.54) is 38.5 Å². The molecule has 1 N–H and O–H groups in total. The highest BCUT2D eigenvalue weighted by Gasteiger charge is 2.37. The number of carbonyl (C=O) groups is 5. The minimum atomic E-state index is -0.722. The number of benzene rings is 1. The van der Waals surface area contributed by atoms with Gasteiger partial charge >= 0.3 is 0 Å². The van der Waals surface area contributed by atoms with Crippen LogP contribution in [0.2, 0.25) is 0 Å². The molecule has 0 saturated carbocycles. The van der Waals surface area contributed by atoms with Gasteiger partial charge in [0.05, 0.1) is 6.54 Å². The van der Waals surface area contributed by atoms with Gasteiger partial charge in [0.15, 0.2) is 0 Å². The van der Waals surface area contributed by atoms with E-state index in [1.54, 1.807) is 39.0 Å². The maximum Gasteiger partial charge on any atom is 0.253 e. The molecule has 2 fully saturated rings. The molecule has 2 aliphatic rings. The second-order valence-electron chi connectivity index (χ2n) is 13.4. The molecule has 47 heavy (non-hydrogen) atoms. The topological polar surface area (TPSA) is 107 Å². The van der Waals surface area contributed by atoms with Gasteiger partial charge < -0.3 is 20.0 Å². The Morgan fingerprint density at radius 2 is 1.19 bits per heavy atom. The Morgan fingerprint density at radius 3 is 1.77 bits per heavy atom. The van der Waals surface area contributed by atoms with Crippen molar-refractivity contribution in [3.8, 4) is 0 Å². The zero-order valence-electron chi connectivity index (χ0n) is 29.4. The quantitative estimate of drug-likeness (QED) is 0.164. The minimum Gasteiger partial charge on any atom is -0.354 e. The summed E-state index contributed by atoms with van der Waals surface area (Å²) in [5.41, 5.74) is 0.925. The first-order valence-corrected chi connectivity index (χ1v) is 18.6. The van der Waals surface area contributed by atoms with E-state index in [2.05, 4.69) is 19.2 Å². The van der Waals surface area contributed by atoms with Crippen LogP contribution in [0.25, 0.3) is 0 Å². The molecule has 2 saturated heterocycles. The molecule has 0 aliphatic carbocycles. The van der Waals surface area contributed by atoms with Crippen molar-refractivity contribution < 1.29 is 24.0 Å². The third-order valence-electron chi connectivity index (χ3n) is 9.77. The van der Waals surface area contributed by atoms with Crippen LogP contribution in [-0.4, -0.2) is 89.4 Å². The normalized spacial score (nSPS) is 18.0. The molecular weight excluding hydrogens is 592 g/mol. The molecule has 0 spiro atoms. The van der Waals surface area contributed by atoms with Crippen molar-refractivity contribution in [3.63, 3.8) is 0 Å². The van der Waals surface area contributed by atoms with E-state index in [-0.39, 0.29) is 41.9 Å². The highest BCUT2D eigenvalue weighted by Crippen LogP contribution is 2.22. The fourth-order valence-electron chi connectivity index (χ4n) is 6.72. The van der Waals surface area contributed by atoms with Crippen LogP contribution in [0, 0.1) is 5.92 Å². The van der Waals surface area contributed by atoms with Gasteiger partial charge in [-0.2, -0.15) is 0 Å². The first kappa shape index (κ1) is 38.2. The fourth-order valence-corrected chi connectivity index (χ4v) is 6.72. The van der Waals surface area contributed by atoms with Crippen LogP contribution >= 0.6 is 0 Å². The summed E-state index contributed by atoms with van der Waals surface area (Å²) in [6, 6.07) is 5.92. The number of Topliss-reactive ketones (excluding diaryl/α,β-unsaturated/α-hetero) is 1. The zero-order valence-corrected chi connectivity index (χ0v) is 29.4. The van der Waals surface area contributed by atoms with Crippen LogP contribution < -0.4 is 5.32 Å². The highest BCUT2D eigenvalue weighted by atomic mass is 16.2. The number of hydrogen-bond acceptors (Lipinski definition) is 5. The predicted molar refractivity (Wildman–Crippen MR) is 186 cm³/mol. The van der Waals surface area contributed by atoms with Crippen molar-refractivity contribution in [2.24, 2.45) is 5.92 Å². The van der Waals surface area contributed by atoms with E-state index in [1.807, 2.05) is 6.92 Å². The number of unbranched alkanes of at least 4 members (excludes halogenated alkanes) is 11. The largest absolute Gasteiger partial charge is 0.354 e. The summed E-state index contributed by atoms with van der Waals surface area (Å²) in [5, 5.41) is 3.03. The molecule has 0 radical (unpaired) electrons. The van der Waals surface area contributed by atoms with Gasteiger partial charge in [0.25, 0.3) is 11.8 Å². The van der Waals surface area contributed by atoms with Gasteiger partial charge in [0.1, 0.15) is 11.8 Å². The molecule has 2 unspecified atom stereocenters. The fraction of sp³-hybridized carbons (Fsp3) is 0.711. The lowest BCUT2D eigenvalue weighted by Crippen LogP contribution is -2.61. The third-order valence-corrected chi connectivity index (χ3v) is 9.77. The SMILES string of the molecule is CCCCCCCCCCCC(=O)N1CCN(C(=O)c2ccc(C(=O)N3CCC(C(=O)CC)C3)cc2)CC1C(=O)NCCCCCC. The van der Waals surface area contributed by atoms with Gasteiger partial charge in [0.2, 0.25) is 11.8 Å². The summed E-state index contributed by atoms with van der Waals surface area (Å²) in [7, 11) is 0. The maximum atomic E-state index is 13.6. The first-order valence-electron chi connectivity index (χ1n) is 18.6. The van der Waals surface area contributed by atoms with Crippen LogP contribution in [0.3, 0.4) is 0 Å². The van der Waals surface area contributed by atoms with Gasteiger partial charge in [-0.25, -0.2) is 0 Å². The molecule has 0 bridgehead atoms. The van der Waals surface area contributed by atoms with Crippen molar-refractivity contribution in [2.75, 3.05) is 39.3 Å². The molecule has 262 valence electrons. The number of hydrogen-bond donors (Lipinski definition) is 1. The Morgan fingerprint density at radius 1 is 0.660 bits per heavy atom. The summed E-state index contributed by atoms with van der Waals surface area (Å²) >= 11 is 0. The van der Waals surface area contributed by atoms with Crippen LogP contribution in [0.15, 0.2) is 24.3 Å².